The molecule has 20 heavy (non-hydrogen) atoms. The monoisotopic (exact) mass is 304 g/mol. The highest BCUT2D eigenvalue weighted by atomic mass is 32.2. The molecule has 0 saturated carbocycles. The van der Waals surface area contributed by atoms with E-state index >= 15 is 0 Å². The summed E-state index contributed by atoms with van der Waals surface area (Å²) >= 11 is 0. The summed E-state index contributed by atoms with van der Waals surface area (Å²) in [6.45, 7) is 4.53. The van der Waals surface area contributed by atoms with Crippen molar-refractivity contribution in [2.45, 2.75) is 12.8 Å². The lowest BCUT2D eigenvalue weighted by Gasteiger charge is -2.24. The molecule has 0 amide bonds. The molecule has 0 radical (unpaired) electrons. The van der Waals surface area contributed by atoms with Crippen LogP contribution in [0.3, 0.4) is 0 Å². The summed E-state index contributed by atoms with van der Waals surface area (Å²) in [5.41, 5.74) is 0.294. The average Bonchev–Trinajstić information content (AvgIpc) is 2.99. The van der Waals surface area contributed by atoms with Crippen molar-refractivity contribution in [2.75, 3.05) is 52.7 Å². The standard InChI is InChI=1S/C12H24N4O3S/c1-13-11(14-5-6-15-20(2,17)18)16-7-3-12(9-16)4-8-19-10-12/h15H,3-10H2,1-2H3,(H,13,14). The van der Waals surface area contributed by atoms with E-state index in [0.717, 1.165) is 51.4 Å². The van der Waals surface area contributed by atoms with Crippen LogP contribution >= 0.6 is 0 Å². The number of hydrogen-bond donors (Lipinski definition) is 2. The van der Waals surface area contributed by atoms with E-state index in [4.69, 9.17) is 4.74 Å². The van der Waals surface area contributed by atoms with Gasteiger partial charge in [0.05, 0.1) is 12.9 Å². The molecule has 7 nitrogen and oxygen atoms in total. The van der Waals surface area contributed by atoms with E-state index in [0.29, 0.717) is 18.5 Å². The third kappa shape index (κ3) is 4.07. The Kier molecular flexibility index (Phi) is 4.87. The zero-order valence-electron chi connectivity index (χ0n) is 12.2. The molecule has 116 valence electrons. The molecule has 0 aromatic rings. The van der Waals surface area contributed by atoms with Gasteiger partial charge in [0.2, 0.25) is 10.0 Å². The minimum absolute atomic E-state index is 0.294. The van der Waals surface area contributed by atoms with Crippen LogP contribution in [0.5, 0.6) is 0 Å². The van der Waals surface area contributed by atoms with E-state index in [2.05, 4.69) is 19.9 Å². The Morgan fingerprint density at radius 1 is 1.40 bits per heavy atom. The van der Waals surface area contributed by atoms with Crippen LogP contribution in [-0.2, 0) is 14.8 Å². The highest BCUT2D eigenvalue weighted by molar-refractivity contribution is 7.88. The number of sulfonamides is 1. The van der Waals surface area contributed by atoms with Crippen LogP contribution in [-0.4, -0.2) is 72.0 Å². The van der Waals surface area contributed by atoms with Gasteiger partial charge in [-0.25, -0.2) is 13.1 Å². The fourth-order valence-corrected chi connectivity index (χ4v) is 3.30. The minimum Gasteiger partial charge on any atom is -0.381 e. The first-order valence-electron chi connectivity index (χ1n) is 6.92. The number of nitrogens with zero attached hydrogens (tertiary/aromatic N) is 2. The van der Waals surface area contributed by atoms with E-state index in [-0.39, 0.29) is 0 Å². The van der Waals surface area contributed by atoms with Gasteiger partial charge in [-0.05, 0) is 12.8 Å². The highest BCUT2D eigenvalue weighted by Gasteiger charge is 2.42. The van der Waals surface area contributed by atoms with Crippen LogP contribution in [0.4, 0.5) is 0 Å². The Labute approximate surface area is 120 Å². The van der Waals surface area contributed by atoms with Gasteiger partial charge >= 0.3 is 0 Å². The zero-order chi connectivity index (χ0) is 14.6. The van der Waals surface area contributed by atoms with Crippen LogP contribution in [0, 0.1) is 5.41 Å². The van der Waals surface area contributed by atoms with E-state index < -0.39 is 10.0 Å². The van der Waals surface area contributed by atoms with Crippen molar-refractivity contribution in [1.29, 1.82) is 0 Å². The summed E-state index contributed by atoms with van der Waals surface area (Å²) in [4.78, 5) is 6.50. The van der Waals surface area contributed by atoms with Crippen LogP contribution in [0.15, 0.2) is 4.99 Å². The number of aliphatic imine (C=N–C) groups is 1. The van der Waals surface area contributed by atoms with Gasteiger partial charge < -0.3 is 15.0 Å². The van der Waals surface area contributed by atoms with Gasteiger partial charge in [0.1, 0.15) is 0 Å². The van der Waals surface area contributed by atoms with E-state index in [1.54, 1.807) is 7.05 Å². The number of rotatable bonds is 4. The minimum atomic E-state index is -3.13. The third-order valence-electron chi connectivity index (χ3n) is 3.91. The maximum atomic E-state index is 11.0. The molecule has 2 N–H and O–H groups in total. The van der Waals surface area contributed by atoms with Gasteiger partial charge in [0.15, 0.2) is 5.96 Å². The molecule has 1 spiro atoms. The molecule has 8 heteroatoms. The summed E-state index contributed by atoms with van der Waals surface area (Å²) in [7, 11) is -1.37. The molecule has 1 atom stereocenters. The van der Waals surface area contributed by atoms with Crippen LogP contribution < -0.4 is 10.0 Å². The molecule has 2 heterocycles. The van der Waals surface area contributed by atoms with Crippen molar-refractivity contribution in [3.8, 4) is 0 Å². The second-order valence-corrected chi connectivity index (χ2v) is 7.45. The summed E-state index contributed by atoms with van der Waals surface area (Å²) in [5, 5.41) is 3.20. The topological polar surface area (TPSA) is 83.0 Å². The van der Waals surface area contributed by atoms with Crippen molar-refractivity contribution in [3.05, 3.63) is 0 Å². The molecule has 2 saturated heterocycles. The first kappa shape index (κ1) is 15.5. The number of ether oxygens (including phenoxy) is 1. The van der Waals surface area contributed by atoms with E-state index in [1.165, 1.54) is 0 Å². The first-order valence-corrected chi connectivity index (χ1v) is 8.81. The Bertz CT molecular complexity index is 457. The smallest absolute Gasteiger partial charge is 0.208 e. The maximum absolute atomic E-state index is 11.0. The molecular weight excluding hydrogens is 280 g/mol. The molecule has 0 aliphatic carbocycles. The molecule has 2 aliphatic rings. The van der Waals surface area contributed by atoms with Gasteiger partial charge in [-0.2, -0.15) is 0 Å². The van der Waals surface area contributed by atoms with Gasteiger partial charge in [0, 0.05) is 45.2 Å². The van der Waals surface area contributed by atoms with Crippen molar-refractivity contribution in [2.24, 2.45) is 10.4 Å². The number of hydrogen-bond acceptors (Lipinski definition) is 4. The predicted molar refractivity (Wildman–Crippen MR) is 78.3 cm³/mol. The number of guanidine groups is 1. The third-order valence-corrected chi connectivity index (χ3v) is 4.64. The molecular formula is C12H24N4O3S. The lowest BCUT2D eigenvalue weighted by Crippen LogP contribution is -2.44. The van der Waals surface area contributed by atoms with E-state index in [9.17, 15) is 8.42 Å². The Morgan fingerprint density at radius 2 is 2.20 bits per heavy atom. The molecule has 0 aromatic carbocycles. The molecule has 1 unspecified atom stereocenters. The van der Waals surface area contributed by atoms with Gasteiger partial charge in [-0.1, -0.05) is 0 Å². The molecule has 2 fully saturated rings. The summed E-state index contributed by atoms with van der Waals surface area (Å²) in [6, 6.07) is 0. The Morgan fingerprint density at radius 3 is 2.80 bits per heavy atom. The molecule has 0 aromatic heterocycles. The predicted octanol–water partition coefficient (Wildman–Crippen LogP) is -0.777. The second kappa shape index (κ2) is 6.28. The largest absolute Gasteiger partial charge is 0.381 e. The second-order valence-electron chi connectivity index (χ2n) is 5.61. The lowest BCUT2D eigenvalue weighted by atomic mass is 9.87. The van der Waals surface area contributed by atoms with Crippen molar-refractivity contribution in [3.63, 3.8) is 0 Å². The fraction of sp³-hybridized carbons (Fsp3) is 0.917. The van der Waals surface area contributed by atoms with Gasteiger partial charge in [-0.3, -0.25) is 4.99 Å². The molecule has 2 aliphatic heterocycles. The zero-order valence-corrected chi connectivity index (χ0v) is 13.0. The average molecular weight is 304 g/mol. The summed E-state index contributed by atoms with van der Waals surface area (Å²) < 4.78 is 29.9. The van der Waals surface area contributed by atoms with Gasteiger partial charge in [-0.15, -0.1) is 0 Å². The quantitative estimate of drug-likeness (QED) is 0.405. The number of likely N-dealkylation sites (tertiary alicyclic amines) is 1. The summed E-state index contributed by atoms with van der Waals surface area (Å²) in [5.74, 6) is 0.837. The molecule has 0 bridgehead atoms. The van der Waals surface area contributed by atoms with Crippen LogP contribution in [0.2, 0.25) is 0 Å². The maximum Gasteiger partial charge on any atom is 0.208 e. The van der Waals surface area contributed by atoms with E-state index in [1.807, 2.05) is 0 Å². The Balaban J connectivity index is 1.78. The van der Waals surface area contributed by atoms with Crippen LogP contribution in [0.25, 0.3) is 0 Å². The van der Waals surface area contributed by atoms with Crippen molar-refractivity contribution < 1.29 is 13.2 Å². The SMILES string of the molecule is CN=C(NCCNS(C)(=O)=O)N1CCC2(CCOC2)C1. The normalized spacial score (nSPS) is 27.5. The first-order chi connectivity index (χ1) is 9.44. The van der Waals surface area contributed by atoms with Gasteiger partial charge in [0.25, 0.3) is 0 Å². The van der Waals surface area contributed by atoms with Crippen molar-refractivity contribution >= 4 is 16.0 Å². The molecule has 2 rings (SSSR count). The summed E-state index contributed by atoms with van der Waals surface area (Å²) in [6.07, 6.45) is 3.41. The van der Waals surface area contributed by atoms with Crippen LogP contribution in [0.1, 0.15) is 12.8 Å². The lowest BCUT2D eigenvalue weighted by molar-refractivity contribution is 0.156. The fourth-order valence-electron chi connectivity index (χ4n) is 2.83. The highest BCUT2D eigenvalue weighted by Crippen LogP contribution is 2.37. The van der Waals surface area contributed by atoms with Crippen molar-refractivity contribution in [1.82, 2.24) is 14.9 Å². The number of nitrogens with one attached hydrogen (secondary N) is 2. The Hall–Kier alpha value is -0.860.